The number of hydrogen-bond acceptors (Lipinski definition) is 4. The van der Waals surface area contributed by atoms with Gasteiger partial charge >= 0.3 is 5.69 Å². The van der Waals surface area contributed by atoms with Crippen molar-refractivity contribution in [3.63, 3.8) is 0 Å². The van der Waals surface area contributed by atoms with E-state index in [9.17, 15) is 18.0 Å². The molecule has 3 N–H and O–H groups in total. The van der Waals surface area contributed by atoms with Gasteiger partial charge in [-0.25, -0.2) is 17.9 Å². The van der Waals surface area contributed by atoms with E-state index >= 15 is 0 Å². The molecule has 0 aromatic carbocycles. The Hall–Kier alpha value is -1.41. The summed E-state index contributed by atoms with van der Waals surface area (Å²) in [6, 6.07) is -0.0879. The van der Waals surface area contributed by atoms with Crippen LogP contribution in [0, 0.1) is 11.8 Å². The van der Waals surface area contributed by atoms with Gasteiger partial charge in [0, 0.05) is 12.2 Å². The van der Waals surface area contributed by atoms with Gasteiger partial charge in [0.1, 0.15) is 0 Å². The summed E-state index contributed by atoms with van der Waals surface area (Å²) < 4.78 is 26.9. The molecule has 1 heterocycles. The van der Waals surface area contributed by atoms with Crippen molar-refractivity contribution in [2.24, 2.45) is 11.8 Å². The molecule has 19 heavy (non-hydrogen) atoms. The number of sulfonamides is 1. The Kier molecular flexibility index (Phi) is 2.86. The molecule has 1 aromatic heterocycles. The average Bonchev–Trinajstić information content (AvgIpc) is 2.89. The highest BCUT2D eigenvalue weighted by atomic mass is 32.2. The lowest BCUT2D eigenvalue weighted by Crippen LogP contribution is -2.41. The molecule has 104 valence electrons. The summed E-state index contributed by atoms with van der Waals surface area (Å²) in [6.07, 6.45) is 5.05. The van der Waals surface area contributed by atoms with Crippen LogP contribution in [0.3, 0.4) is 0 Å². The molecule has 7 nitrogen and oxygen atoms in total. The molecule has 1 aromatic rings. The lowest BCUT2D eigenvalue weighted by atomic mass is 9.96. The van der Waals surface area contributed by atoms with E-state index in [0.717, 1.165) is 25.5 Å². The normalized spacial score (nSPS) is 29.8. The number of aromatic amines is 2. The summed E-state index contributed by atoms with van der Waals surface area (Å²) in [5.74, 6) is 0.980. The summed E-state index contributed by atoms with van der Waals surface area (Å²) in [6.45, 7) is 0. The highest BCUT2D eigenvalue weighted by molar-refractivity contribution is 7.89. The van der Waals surface area contributed by atoms with Crippen molar-refractivity contribution in [1.82, 2.24) is 14.7 Å². The Bertz CT molecular complexity index is 705. The largest absolute Gasteiger partial charge is 0.325 e. The Morgan fingerprint density at radius 1 is 1.21 bits per heavy atom. The van der Waals surface area contributed by atoms with Crippen LogP contribution in [0.25, 0.3) is 0 Å². The molecule has 0 amide bonds. The molecule has 3 rings (SSSR count). The highest BCUT2D eigenvalue weighted by Gasteiger charge is 2.41. The highest BCUT2D eigenvalue weighted by Crippen LogP contribution is 2.44. The van der Waals surface area contributed by atoms with Crippen molar-refractivity contribution >= 4 is 10.0 Å². The van der Waals surface area contributed by atoms with Gasteiger partial charge in [0.15, 0.2) is 4.90 Å². The molecule has 2 saturated carbocycles. The first-order valence-electron chi connectivity index (χ1n) is 6.30. The Labute approximate surface area is 109 Å². The maximum Gasteiger partial charge on any atom is 0.325 e. The summed E-state index contributed by atoms with van der Waals surface area (Å²) in [5.41, 5.74) is -1.61. The van der Waals surface area contributed by atoms with Crippen molar-refractivity contribution in [3.8, 4) is 0 Å². The second-order valence-corrected chi connectivity index (χ2v) is 7.02. The van der Waals surface area contributed by atoms with Crippen LogP contribution in [-0.4, -0.2) is 24.4 Å². The van der Waals surface area contributed by atoms with Crippen LogP contribution >= 0.6 is 0 Å². The molecular weight excluding hydrogens is 270 g/mol. The molecule has 0 aliphatic heterocycles. The Balaban J connectivity index is 1.87. The predicted octanol–water partition coefficient (Wildman–Crippen LogP) is -0.470. The predicted molar refractivity (Wildman–Crippen MR) is 67.2 cm³/mol. The third kappa shape index (κ3) is 2.25. The lowest BCUT2D eigenvalue weighted by molar-refractivity contribution is 0.390. The minimum absolute atomic E-state index is 0.0879. The van der Waals surface area contributed by atoms with E-state index in [0.29, 0.717) is 11.8 Å². The first-order valence-corrected chi connectivity index (χ1v) is 7.78. The summed E-state index contributed by atoms with van der Waals surface area (Å²) in [7, 11) is -3.88. The zero-order valence-corrected chi connectivity index (χ0v) is 11.0. The minimum atomic E-state index is -3.88. The summed E-state index contributed by atoms with van der Waals surface area (Å²) in [4.78, 5) is 26.1. The van der Waals surface area contributed by atoms with Gasteiger partial charge in [0.2, 0.25) is 10.0 Å². The van der Waals surface area contributed by atoms with Crippen LogP contribution in [0.15, 0.2) is 20.7 Å². The SMILES string of the molecule is O=c1[nH]cc(S(=O)(=O)N[C@H]2C[C@H]3CC[C@H]2C3)c(=O)[nH]1. The molecular formula is C11H15N3O4S. The van der Waals surface area contributed by atoms with E-state index in [4.69, 9.17) is 0 Å². The first-order chi connectivity index (χ1) is 8.95. The van der Waals surface area contributed by atoms with Crippen LogP contribution in [0.1, 0.15) is 25.7 Å². The number of H-pyrrole nitrogens is 2. The van der Waals surface area contributed by atoms with Gasteiger partial charge in [-0.2, -0.15) is 0 Å². The smallest absolute Gasteiger partial charge is 0.313 e. The van der Waals surface area contributed by atoms with Crippen LogP contribution in [0.2, 0.25) is 0 Å². The second kappa shape index (κ2) is 4.31. The van der Waals surface area contributed by atoms with Gasteiger partial charge in [0.05, 0.1) is 0 Å². The van der Waals surface area contributed by atoms with Gasteiger partial charge < -0.3 is 4.98 Å². The monoisotopic (exact) mass is 285 g/mol. The van der Waals surface area contributed by atoms with Crippen LogP contribution in [0.5, 0.6) is 0 Å². The Morgan fingerprint density at radius 3 is 2.58 bits per heavy atom. The van der Waals surface area contributed by atoms with E-state index in [1.165, 1.54) is 6.42 Å². The molecule has 0 spiro atoms. The molecule has 2 fully saturated rings. The van der Waals surface area contributed by atoms with E-state index in [-0.39, 0.29) is 6.04 Å². The zero-order chi connectivity index (χ0) is 13.6. The summed E-state index contributed by atoms with van der Waals surface area (Å²) in [5, 5.41) is 0. The molecule has 0 unspecified atom stereocenters. The van der Waals surface area contributed by atoms with Crippen molar-refractivity contribution in [1.29, 1.82) is 0 Å². The molecule has 3 atom stereocenters. The lowest BCUT2D eigenvalue weighted by Gasteiger charge is -2.22. The van der Waals surface area contributed by atoms with Crippen molar-refractivity contribution in [2.45, 2.75) is 36.6 Å². The molecule has 8 heteroatoms. The van der Waals surface area contributed by atoms with Crippen LogP contribution < -0.4 is 16.0 Å². The molecule has 2 bridgehead atoms. The maximum atomic E-state index is 12.1. The van der Waals surface area contributed by atoms with Crippen LogP contribution in [0.4, 0.5) is 0 Å². The average molecular weight is 285 g/mol. The van der Waals surface area contributed by atoms with Gasteiger partial charge in [0.25, 0.3) is 5.56 Å². The van der Waals surface area contributed by atoms with E-state index < -0.39 is 26.2 Å². The number of fused-ring (bicyclic) bond motifs is 2. The van der Waals surface area contributed by atoms with Gasteiger partial charge in [-0.05, 0) is 31.1 Å². The third-order valence-corrected chi connectivity index (χ3v) is 5.61. The minimum Gasteiger partial charge on any atom is -0.313 e. The molecule has 2 aliphatic carbocycles. The fourth-order valence-corrected chi connectivity index (χ4v) is 4.57. The number of nitrogens with one attached hydrogen (secondary N) is 3. The van der Waals surface area contributed by atoms with Crippen molar-refractivity contribution < 1.29 is 8.42 Å². The van der Waals surface area contributed by atoms with Gasteiger partial charge in [-0.15, -0.1) is 0 Å². The van der Waals surface area contributed by atoms with E-state index in [1.54, 1.807) is 0 Å². The number of aromatic nitrogens is 2. The molecule has 2 aliphatic rings. The van der Waals surface area contributed by atoms with Gasteiger partial charge in [-0.1, -0.05) is 6.42 Å². The standard InChI is InChI=1S/C11H15N3O4S/c15-10-9(5-12-11(16)13-10)19(17,18)14-8-4-6-1-2-7(8)3-6/h5-8,14H,1-4H2,(H2,12,13,15,16)/t6-,7-,8-/m0/s1. The summed E-state index contributed by atoms with van der Waals surface area (Å²) >= 11 is 0. The fraction of sp³-hybridized carbons (Fsp3) is 0.636. The molecule has 0 radical (unpaired) electrons. The first kappa shape index (κ1) is 12.6. The second-order valence-electron chi connectivity index (χ2n) is 5.34. The number of hydrogen-bond donors (Lipinski definition) is 3. The molecule has 0 saturated heterocycles. The quantitative estimate of drug-likeness (QED) is 0.697. The zero-order valence-electron chi connectivity index (χ0n) is 10.2. The Morgan fingerprint density at radius 2 is 2.00 bits per heavy atom. The van der Waals surface area contributed by atoms with Crippen LogP contribution in [-0.2, 0) is 10.0 Å². The topological polar surface area (TPSA) is 112 Å². The third-order valence-electron chi connectivity index (χ3n) is 4.12. The number of rotatable bonds is 3. The fourth-order valence-electron chi connectivity index (χ4n) is 3.25. The van der Waals surface area contributed by atoms with Gasteiger partial charge in [-0.3, -0.25) is 9.78 Å². The van der Waals surface area contributed by atoms with Crippen molar-refractivity contribution in [3.05, 3.63) is 27.0 Å². The van der Waals surface area contributed by atoms with Crippen molar-refractivity contribution in [2.75, 3.05) is 0 Å². The van der Waals surface area contributed by atoms with E-state index in [1.807, 2.05) is 4.98 Å². The maximum absolute atomic E-state index is 12.1. The van der Waals surface area contributed by atoms with E-state index in [2.05, 4.69) is 9.71 Å².